The summed E-state index contributed by atoms with van der Waals surface area (Å²) < 4.78 is 10.8. The number of carboxylic acids is 1. The molecule has 0 spiro atoms. The molecule has 0 aromatic heterocycles. The van der Waals surface area contributed by atoms with Crippen LogP contribution < -0.4 is 0 Å². The average molecular weight is 356 g/mol. The molecule has 2 rings (SSSR count). The summed E-state index contributed by atoms with van der Waals surface area (Å²) >= 11 is 0. The Balaban J connectivity index is 2.01. The van der Waals surface area contributed by atoms with Gasteiger partial charge in [0.1, 0.15) is 24.4 Å². The summed E-state index contributed by atoms with van der Waals surface area (Å²) in [6.45, 7) is -0.571. The number of hydrogen-bond acceptors (Lipinski definition) is 7. The third-order valence-corrected chi connectivity index (χ3v) is 4.18. The summed E-state index contributed by atoms with van der Waals surface area (Å²) in [5.74, 6) is -1.07. The van der Waals surface area contributed by atoms with Gasteiger partial charge in [0.15, 0.2) is 6.29 Å². The lowest BCUT2D eigenvalue weighted by molar-refractivity contribution is -0.311. The van der Waals surface area contributed by atoms with E-state index in [9.17, 15) is 25.2 Å². The zero-order valence-corrected chi connectivity index (χ0v) is 13.6. The second-order valence-corrected chi connectivity index (χ2v) is 6.08. The van der Waals surface area contributed by atoms with E-state index in [0.717, 1.165) is 5.56 Å². The summed E-state index contributed by atoms with van der Waals surface area (Å²) in [5.41, 5.74) is 1.01. The summed E-state index contributed by atoms with van der Waals surface area (Å²) in [6.07, 6.45) is -7.16. The Labute approximate surface area is 145 Å². The Hall–Kier alpha value is -1.55. The predicted molar refractivity (Wildman–Crippen MR) is 85.7 cm³/mol. The van der Waals surface area contributed by atoms with Gasteiger partial charge in [-0.3, -0.25) is 4.79 Å². The first-order chi connectivity index (χ1) is 11.9. The molecule has 1 aromatic rings. The van der Waals surface area contributed by atoms with Gasteiger partial charge < -0.3 is 35.0 Å². The monoisotopic (exact) mass is 356 g/mol. The van der Waals surface area contributed by atoms with E-state index < -0.39 is 49.4 Å². The Bertz CT molecular complexity index is 535. The average Bonchev–Trinajstić information content (AvgIpc) is 2.60. The van der Waals surface area contributed by atoms with E-state index in [1.807, 2.05) is 30.3 Å². The molecule has 1 aliphatic rings. The van der Waals surface area contributed by atoms with Crippen molar-refractivity contribution in [2.45, 2.75) is 56.1 Å². The maximum absolute atomic E-state index is 11.1. The van der Waals surface area contributed by atoms with Crippen LogP contribution in [0.4, 0.5) is 0 Å². The Morgan fingerprint density at radius 1 is 1.12 bits per heavy atom. The number of carbonyl (C=O) groups is 1. The van der Waals surface area contributed by atoms with Crippen LogP contribution in [0.5, 0.6) is 0 Å². The van der Waals surface area contributed by atoms with Crippen LogP contribution in [0.3, 0.4) is 0 Å². The number of benzene rings is 1. The standard InChI is InChI=1S/C17H24O8/c18-9-12-14(21)15(22)16(23)17(25-12)24-11(8-13(19)20)7-6-10-4-2-1-3-5-10/h1-5,11-12,14-18,21-23H,6-9H2,(H,19,20)/t11?,12-,14-,15+,16-,17-/m0/s1. The topological polar surface area (TPSA) is 137 Å². The molecule has 0 aliphatic carbocycles. The highest BCUT2D eigenvalue weighted by Crippen LogP contribution is 2.24. The molecular weight excluding hydrogens is 332 g/mol. The molecule has 1 heterocycles. The maximum atomic E-state index is 11.1. The lowest BCUT2D eigenvalue weighted by Gasteiger charge is -2.40. The van der Waals surface area contributed by atoms with Gasteiger partial charge in [0, 0.05) is 0 Å². The van der Waals surface area contributed by atoms with Crippen molar-refractivity contribution in [3.63, 3.8) is 0 Å². The van der Waals surface area contributed by atoms with Gasteiger partial charge in [-0.1, -0.05) is 30.3 Å². The van der Waals surface area contributed by atoms with Crippen molar-refractivity contribution >= 4 is 5.97 Å². The summed E-state index contributed by atoms with van der Waals surface area (Å²) in [7, 11) is 0. The van der Waals surface area contributed by atoms with Crippen molar-refractivity contribution in [3.05, 3.63) is 35.9 Å². The minimum Gasteiger partial charge on any atom is -0.481 e. The van der Waals surface area contributed by atoms with Crippen molar-refractivity contribution in [3.8, 4) is 0 Å². The number of carboxylic acid groups (broad SMARTS) is 1. The normalized spacial score (nSPS) is 30.8. The molecule has 1 saturated heterocycles. The highest BCUT2D eigenvalue weighted by Gasteiger charge is 2.44. The van der Waals surface area contributed by atoms with Gasteiger partial charge in [0.2, 0.25) is 0 Å². The third-order valence-electron chi connectivity index (χ3n) is 4.18. The fourth-order valence-corrected chi connectivity index (χ4v) is 2.75. The first kappa shape index (κ1) is 19.8. The van der Waals surface area contributed by atoms with Crippen molar-refractivity contribution in [1.82, 2.24) is 0 Å². The third kappa shape index (κ3) is 5.46. The van der Waals surface area contributed by atoms with Crippen molar-refractivity contribution in [2.24, 2.45) is 0 Å². The number of aliphatic carboxylic acids is 1. The fourth-order valence-electron chi connectivity index (χ4n) is 2.75. The van der Waals surface area contributed by atoms with Crippen LogP contribution in [0.15, 0.2) is 30.3 Å². The minimum atomic E-state index is -1.56. The van der Waals surface area contributed by atoms with E-state index >= 15 is 0 Å². The van der Waals surface area contributed by atoms with Gasteiger partial charge in [0.25, 0.3) is 0 Å². The Morgan fingerprint density at radius 3 is 2.40 bits per heavy atom. The molecule has 140 valence electrons. The van der Waals surface area contributed by atoms with E-state index in [1.54, 1.807) is 0 Å². The predicted octanol–water partition coefficient (Wildman–Crippen LogP) is -0.721. The highest BCUT2D eigenvalue weighted by atomic mass is 16.7. The maximum Gasteiger partial charge on any atom is 0.305 e. The lowest BCUT2D eigenvalue weighted by Crippen LogP contribution is -2.59. The summed E-state index contributed by atoms with van der Waals surface area (Å²) in [5, 5.41) is 47.8. The molecule has 1 unspecified atom stereocenters. The molecule has 25 heavy (non-hydrogen) atoms. The van der Waals surface area contributed by atoms with Crippen LogP contribution in [-0.4, -0.2) is 74.9 Å². The Morgan fingerprint density at radius 2 is 1.80 bits per heavy atom. The molecule has 1 aliphatic heterocycles. The van der Waals surface area contributed by atoms with Gasteiger partial charge in [0.05, 0.1) is 19.1 Å². The van der Waals surface area contributed by atoms with Crippen LogP contribution in [0.2, 0.25) is 0 Å². The smallest absolute Gasteiger partial charge is 0.305 e. The molecular formula is C17H24O8. The number of aliphatic hydroxyl groups is 4. The fraction of sp³-hybridized carbons (Fsp3) is 0.588. The molecule has 0 radical (unpaired) electrons. The van der Waals surface area contributed by atoms with E-state index in [1.165, 1.54) is 0 Å². The molecule has 6 atom stereocenters. The molecule has 0 bridgehead atoms. The van der Waals surface area contributed by atoms with Crippen LogP contribution in [-0.2, 0) is 20.7 Å². The van der Waals surface area contributed by atoms with Crippen LogP contribution in [0.1, 0.15) is 18.4 Å². The minimum absolute atomic E-state index is 0.304. The molecule has 0 amide bonds. The summed E-state index contributed by atoms with van der Waals surface area (Å²) in [6, 6.07) is 9.44. The molecule has 0 saturated carbocycles. The van der Waals surface area contributed by atoms with Gasteiger partial charge in [-0.25, -0.2) is 0 Å². The zero-order chi connectivity index (χ0) is 18.4. The highest BCUT2D eigenvalue weighted by molar-refractivity contribution is 5.67. The van der Waals surface area contributed by atoms with E-state index in [2.05, 4.69) is 0 Å². The quantitative estimate of drug-likeness (QED) is 0.412. The van der Waals surface area contributed by atoms with Crippen molar-refractivity contribution < 1.29 is 39.8 Å². The zero-order valence-electron chi connectivity index (χ0n) is 13.6. The van der Waals surface area contributed by atoms with Crippen molar-refractivity contribution in [1.29, 1.82) is 0 Å². The first-order valence-corrected chi connectivity index (χ1v) is 8.14. The SMILES string of the molecule is O=C(O)CC(CCc1ccccc1)O[C@H]1O[C@@H](CO)[C@H](O)[C@@H](O)[C@@H]1O. The van der Waals surface area contributed by atoms with E-state index in [0.29, 0.717) is 12.8 Å². The number of aliphatic hydroxyl groups excluding tert-OH is 4. The number of hydrogen-bond donors (Lipinski definition) is 5. The molecule has 8 nitrogen and oxygen atoms in total. The second-order valence-electron chi connectivity index (χ2n) is 6.08. The van der Waals surface area contributed by atoms with E-state index in [-0.39, 0.29) is 6.42 Å². The Kier molecular flexibility index (Phi) is 7.30. The van der Waals surface area contributed by atoms with Gasteiger partial charge in [-0.05, 0) is 18.4 Å². The molecule has 1 fully saturated rings. The number of rotatable bonds is 8. The van der Waals surface area contributed by atoms with Crippen molar-refractivity contribution in [2.75, 3.05) is 6.61 Å². The second kappa shape index (κ2) is 9.23. The van der Waals surface area contributed by atoms with Gasteiger partial charge in [-0.15, -0.1) is 0 Å². The van der Waals surface area contributed by atoms with Gasteiger partial charge >= 0.3 is 5.97 Å². The van der Waals surface area contributed by atoms with E-state index in [4.69, 9.17) is 14.6 Å². The van der Waals surface area contributed by atoms with Crippen LogP contribution in [0, 0.1) is 0 Å². The van der Waals surface area contributed by atoms with Crippen LogP contribution in [0.25, 0.3) is 0 Å². The molecule has 5 N–H and O–H groups in total. The van der Waals surface area contributed by atoms with Crippen LogP contribution >= 0.6 is 0 Å². The largest absolute Gasteiger partial charge is 0.481 e. The lowest BCUT2D eigenvalue weighted by atomic mass is 9.99. The number of ether oxygens (including phenoxy) is 2. The van der Waals surface area contributed by atoms with Gasteiger partial charge in [-0.2, -0.15) is 0 Å². The first-order valence-electron chi connectivity index (χ1n) is 8.14. The molecule has 8 heteroatoms. The summed E-state index contributed by atoms with van der Waals surface area (Å²) in [4.78, 5) is 11.1. The molecule has 1 aromatic carbocycles. The number of aryl methyl sites for hydroxylation is 1.